The number of nitrogens with zero attached hydrogens (tertiary/aromatic N) is 2. The summed E-state index contributed by atoms with van der Waals surface area (Å²) in [5.74, 6) is 0. The Morgan fingerprint density at radius 2 is 1.92 bits per heavy atom. The molecule has 1 N–H and O–H groups in total. The topological polar surface area (TPSA) is 41.6 Å². The Kier molecular flexibility index (Phi) is 3.57. The molecule has 4 heteroatoms. The highest BCUT2D eigenvalue weighted by atomic mass is 32.1. The van der Waals surface area contributed by atoms with Crippen molar-refractivity contribution in [2.45, 2.75) is 11.8 Å². The second kappa shape index (κ2) is 6.07. The number of aromatic amines is 1. The van der Waals surface area contributed by atoms with Crippen LogP contribution in [0.5, 0.6) is 0 Å². The van der Waals surface area contributed by atoms with Crippen molar-refractivity contribution < 1.29 is 0 Å². The molecule has 126 valence electrons. The molecule has 0 aliphatic heterocycles. The summed E-state index contributed by atoms with van der Waals surface area (Å²) in [4.78, 5) is 4.23. The van der Waals surface area contributed by atoms with Gasteiger partial charge >= 0.3 is 0 Å². The smallest absolute Gasteiger partial charge is 0.101 e. The maximum absolute atomic E-state index is 4.59. The Morgan fingerprint density at radius 1 is 1.00 bits per heavy atom. The predicted octanol–water partition coefficient (Wildman–Crippen LogP) is 5.09. The fourth-order valence-electron chi connectivity index (χ4n) is 3.80. The number of nitrogens with one attached hydrogen (secondary N) is 1. The predicted molar refractivity (Wildman–Crippen MR) is 106 cm³/mol. The third-order valence-corrected chi connectivity index (χ3v) is 5.82. The van der Waals surface area contributed by atoms with Gasteiger partial charge in [0.05, 0.1) is 0 Å². The number of fused-ring (bicyclic) bond motifs is 1. The molecule has 0 saturated heterocycles. The molecular formula is C22H17N3S. The van der Waals surface area contributed by atoms with Gasteiger partial charge in [-0.05, 0) is 40.1 Å². The van der Waals surface area contributed by atoms with Gasteiger partial charge in [-0.25, -0.2) is 0 Å². The van der Waals surface area contributed by atoms with Gasteiger partial charge in [0.1, 0.15) is 5.69 Å². The molecule has 0 radical (unpaired) electrons. The van der Waals surface area contributed by atoms with Gasteiger partial charge in [0, 0.05) is 41.1 Å². The van der Waals surface area contributed by atoms with Crippen molar-refractivity contribution >= 4 is 17.4 Å². The zero-order valence-electron chi connectivity index (χ0n) is 14.1. The maximum Gasteiger partial charge on any atom is 0.101 e. The van der Waals surface area contributed by atoms with Crippen molar-refractivity contribution in [2.24, 2.45) is 0 Å². The van der Waals surface area contributed by atoms with E-state index >= 15 is 0 Å². The number of hydrogen-bond acceptors (Lipinski definition) is 3. The Balaban J connectivity index is 1.65. The molecule has 0 amide bonds. The highest BCUT2D eigenvalue weighted by Crippen LogP contribution is 2.43. The number of benzene rings is 1. The third kappa shape index (κ3) is 2.34. The van der Waals surface area contributed by atoms with Crippen LogP contribution in [0.2, 0.25) is 0 Å². The van der Waals surface area contributed by atoms with Crippen LogP contribution in [0.4, 0.5) is 0 Å². The number of aromatic nitrogens is 3. The lowest BCUT2D eigenvalue weighted by atomic mass is 9.69. The van der Waals surface area contributed by atoms with Crippen LogP contribution in [-0.2, 0) is 11.8 Å². The van der Waals surface area contributed by atoms with E-state index in [-0.39, 0.29) is 5.41 Å². The van der Waals surface area contributed by atoms with E-state index in [0.717, 1.165) is 17.7 Å². The van der Waals surface area contributed by atoms with E-state index in [1.807, 2.05) is 12.3 Å². The molecule has 1 unspecified atom stereocenters. The van der Waals surface area contributed by atoms with Crippen molar-refractivity contribution in [1.29, 1.82) is 0 Å². The first-order chi connectivity index (χ1) is 12.9. The fraction of sp³-hybridized carbons (Fsp3) is 0.0909. The minimum absolute atomic E-state index is 0.160. The SMILES string of the molecule is C1=CC(c2ccccc2)(c2ccsc2)Cc2[nH]nc(-c3cccnc3)c21. The van der Waals surface area contributed by atoms with E-state index in [1.165, 1.54) is 22.4 Å². The Bertz CT molecular complexity index is 1050. The molecule has 1 atom stereocenters. The van der Waals surface area contributed by atoms with E-state index in [9.17, 15) is 0 Å². The highest BCUT2D eigenvalue weighted by Gasteiger charge is 2.36. The molecule has 3 aromatic heterocycles. The standard InChI is InChI=1S/C22H17N3S/c1-2-6-17(7-3-1)22(18-9-12-26-15-18)10-8-19-20(13-22)24-25-21(19)16-5-4-11-23-14-16/h1-12,14-15H,13H2,(H,24,25). The molecule has 1 aliphatic rings. The number of H-pyrrole nitrogens is 1. The number of hydrogen-bond donors (Lipinski definition) is 1. The van der Waals surface area contributed by atoms with Crippen LogP contribution in [0.1, 0.15) is 22.4 Å². The van der Waals surface area contributed by atoms with Crippen LogP contribution in [0.15, 0.2) is 77.8 Å². The lowest BCUT2D eigenvalue weighted by molar-refractivity contribution is 0.623. The Labute approximate surface area is 156 Å². The number of pyridine rings is 1. The summed E-state index contributed by atoms with van der Waals surface area (Å²) < 4.78 is 0. The second-order valence-corrected chi connectivity index (χ2v) is 7.35. The van der Waals surface area contributed by atoms with Crippen LogP contribution in [0.25, 0.3) is 17.3 Å². The molecule has 1 aromatic carbocycles. The van der Waals surface area contributed by atoms with E-state index in [2.05, 4.69) is 80.6 Å². The van der Waals surface area contributed by atoms with Crippen molar-refractivity contribution in [3.63, 3.8) is 0 Å². The molecule has 0 fully saturated rings. The summed E-state index contributed by atoms with van der Waals surface area (Å²) in [5.41, 5.74) is 6.81. The number of rotatable bonds is 3. The molecule has 26 heavy (non-hydrogen) atoms. The summed E-state index contributed by atoms with van der Waals surface area (Å²) in [6.07, 6.45) is 9.07. The van der Waals surface area contributed by atoms with Crippen molar-refractivity contribution in [3.05, 3.63) is 100 Å². The lowest BCUT2D eigenvalue weighted by Crippen LogP contribution is -2.30. The van der Waals surface area contributed by atoms with Gasteiger partial charge in [0.2, 0.25) is 0 Å². The average Bonchev–Trinajstić information content (AvgIpc) is 3.39. The molecule has 0 bridgehead atoms. The Morgan fingerprint density at radius 3 is 2.69 bits per heavy atom. The van der Waals surface area contributed by atoms with Crippen molar-refractivity contribution in [3.8, 4) is 11.3 Å². The first kappa shape index (κ1) is 15.3. The van der Waals surface area contributed by atoms with E-state index < -0.39 is 0 Å². The third-order valence-electron chi connectivity index (χ3n) is 5.13. The van der Waals surface area contributed by atoms with Gasteiger partial charge in [-0.15, -0.1) is 0 Å². The first-order valence-corrected chi connectivity index (χ1v) is 9.56. The van der Waals surface area contributed by atoms with Gasteiger partial charge in [0.25, 0.3) is 0 Å². The second-order valence-electron chi connectivity index (χ2n) is 6.57. The van der Waals surface area contributed by atoms with E-state index in [4.69, 9.17) is 0 Å². The monoisotopic (exact) mass is 355 g/mol. The summed E-state index contributed by atoms with van der Waals surface area (Å²) in [5, 5.41) is 12.3. The minimum Gasteiger partial charge on any atom is -0.281 e. The van der Waals surface area contributed by atoms with Crippen LogP contribution in [-0.4, -0.2) is 15.2 Å². The van der Waals surface area contributed by atoms with Crippen molar-refractivity contribution in [2.75, 3.05) is 0 Å². The zero-order valence-corrected chi connectivity index (χ0v) is 14.9. The minimum atomic E-state index is -0.160. The molecular weight excluding hydrogens is 338 g/mol. The van der Waals surface area contributed by atoms with E-state index in [0.29, 0.717) is 0 Å². The number of thiophene rings is 1. The van der Waals surface area contributed by atoms with E-state index in [1.54, 1.807) is 17.5 Å². The lowest BCUT2D eigenvalue weighted by Gasteiger charge is -2.33. The van der Waals surface area contributed by atoms with Gasteiger partial charge < -0.3 is 0 Å². The molecule has 0 saturated carbocycles. The zero-order chi connectivity index (χ0) is 17.4. The molecule has 3 heterocycles. The van der Waals surface area contributed by atoms with Gasteiger partial charge in [-0.1, -0.05) is 42.5 Å². The van der Waals surface area contributed by atoms with Gasteiger partial charge in [-0.3, -0.25) is 10.1 Å². The van der Waals surface area contributed by atoms with Crippen LogP contribution >= 0.6 is 11.3 Å². The molecule has 4 aromatic rings. The van der Waals surface area contributed by atoms with Gasteiger partial charge in [0.15, 0.2) is 0 Å². The summed E-state index contributed by atoms with van der Waals surface area (Å²) in [6.45, 7) is 0. The quantitative estimate of drug-likeness (QED) is 0.556. The first-order valence-electron chi connectivity index (χ1n) is 8.62. The number of allylic oxidation sites excluding steroid dienone is 1. The maximum atomic E-state index is 4.59. The molecule has 5 rings (SSSR count). The van der Waals surface area contributed by atoms with Crippen molar-refractivity contribution in [1.82, 2.24) is 15.2 Å². The van der Waals surface area contributed by atoms with Gasteiger partial charge in [-0.2, -0.15) is 16.4 Å². The Hall–Kier alpha value is -2.98. The normalized spacial score (nSPS) is 18.6. The highest BCUT2D eigenvalue weighted by molar-refractivity contribution is 7.08. The molecule has 3 nitrogen and oxygen atoms in total. The summed E-state index contributed by atoms with van der Waals surface area (Å²) in [7, 11) is 0. The molecule has 0 spiro atoms. The van der Waals surface area contributed by atoms with Crippen LogP contribution in [0, 0.1) is 0 Å². The fourth-order valence-corrected chi connectivity index (χ4v) is 4.54. The van der Waals surface area contributed by atoms with Crippen LogP contribution < -0.4 is 0 Å². The summed E-state index contributed by atoms with van der Waals surface area (Å²) in [6, 6.07) is 16.9. The largest absolute Gasteiger partial charge is 0.281 e. The van der Waals surface area contributed by atoms with Crippen LogP contribution in [0.3, 0.4) is 0 Å². The summed E-state index contributed by atoms with van der Waals surface area (Å²) >= 11 is 1.74. The average molecular weight is 355 g/mol. The molecule has 1 aliphatic carbocycles.